The lowest BCUT2D eigenvalue weighted by molar-refractivity contribution is 0.170. The summed E-state index contributed by atoms with van der Waals surface area (Å²) in [5, 5.41) is 3.33. The van der Waals surface area contributed by atoms with Crippen molar-refractivity contribution in [2.45, 2.75) is 26.8 Å². The second-order valence-corrected chi connectivity index (χ2v) is 4.57. The second kappa shape index (κ2) is 8.83. The van der Waals surface area contributed by atoms with E-state index >= 15 is 0 Å². The Morgan fingerprint density at radius 1 is 1.28 bits per heavy atom. The Bertz CT molecular complexity index is 332. The first-order chi connectivity index (χ1) is 8.72. The molecule has 5 heteroatoms. The van der Waals surface area contributed by atoms with E-state index in [-0.39, 0.29) is 0 Å². The summed E-state index contributed by atoms with van der Waals surface area (Å²) in [7, 11) is 1.68. The Kier molecular flexibility index (Phi) is 7.29. The molecule has 0 unspecified atom stereocenters. The molecule has 0 amide bonds. The van der Waals surface area contributed by atoms with Gasteiger partial charge in [0.1, 0.15) is 0 Å². The first kappa shape index (κ1) is 14.9. The third-order valence-corrected chi connectivity index (χ3v) is 2.26. The maximum Gasteiger partial charge on any atom is 0.232 e. The van der Waals surface area contributed by atoms with Crippen molar-refractivity contribution >= 4 is 0 Å². The summed E-state index contributed by atoms with van der Waals surface area (Å²) in [4.78, 5) is 8.50. The summed E-state index contributed by atoms with van der Waals surface area (Å²) in [5.74, 6) is 1.21. The monoisotopic (exact) mass is 253 g/mol. The van der Waals surface area contributed by atoms with E-state index in [1.807, 2.05) is 0 Å². The van der Waals surface area contributed by atoms with Gasteiger partial charge in [0.2, 0.25) is 5.88 Å². The molecule has 18 heavy (non-hydrogen) atoms. The first-order valence-corrected chi connectivity index (χ1v) is 6.35. The molecule has 1 aromatic rings. The highest BCUT2D eigenvalue weighted by atomic mass is 16.5. The predicted octanol–water partition coefficient (Wildman–Crippen LogP) is 1.64. The average molecular weight is 253 g/mol. The van der Waals surface area contributed by atoms with Crippen LogP contribution in [0.2, 0.25) is 0 Å². The first-order valence-electron chi connectivity index (χ1n) is 6.35. The zero-order valence-corrected chi connectivity index (χ0v) is 11.5. The molecule has 0 fully saturated rings. The minimum absolute atomic E-state index is 0.579. The van der Waals surface area contributed by atoms with Gasteiger partial charge in [0, 0.05) is 32.9 Å². The number of aromatic nitrogens is 2. The summed E-state index contributed by atoms with van der Waals surface area (Å²) in [6.07, 6.45) is 4.25. The highest BCUT2D eigenvalue weighted by Crippen LogP contribution is 2.05. The van der Waals surface area contributed by atoms with E-state index in [0.29, 0.717) is 25.0 Å². The third-order valence-electron chi connectivity index (χ3n) is 2.26. The van der Waals surface area contributed by atoms with Crippen LogP contribution < -0.4 is 10.1 Å². The van der Waals surface area contributed by atoms with Crippen LogP contribution in [0.4, 0.5) is 0 Å². The number of ether oxygens (including phenoxy) is 2. The molecule has 0 atom stereocenters. The molecule has 5 nitrogen and oxygen atoms in total. The molecule has 1 heterocycles. The minimum Gasteiger partial charge on any atom is -0.476 e. The number of nitrogens with one attached hydrogen (secondary N) is 1. The Morgan fingerprint density at radius 3 is 2.83 bits per heavy atom. The maximum absolute atomic E-state index is 5.49. The van der Waals surface area contributed by atoms with Gasteiger partial charge in [-0.3, -0.25) is 4.98 Å². The highest BCUT2D eigenvalue weighted by Gasteiger charge is 2.00. The van der Waals surface area contributed by atoms with Crippen LogP contribution in [0.5, 0.6) is 5.88 Å². The van der Waals surface area contributed by atoms with Crippen molar-refractivity contribution in [3.63, 3.8) is 0 Å². The Hall–Kier alpha value is -1.20. The van der Waals surface area contributed by atoms with Crippen LogP contribution in [0.3, 0.4) is 0 Å². The standard InChI is InChI=1S/C13H23N3O2/c1-11(2)7-14-8-12-9-15-10-13(16-12)18-6-4-5-17-3/h9-11,14H,4-8H2,1-3H3. The highest BCUT2D eigenvalue weighted by molar-refractivity contribution is 5.08. The molecule has 0 aliphatic heterocycles. The van der Waals surface area contributed by atoms with E-state index in [0.717, 1.165) is 25.2 Å². The molecule has 0 saturated heterocycles. The van der Waals surface area contributed by atoms with E-state index in [1.54, 1.807) is 19.5 Å². The van der Waals surface area contributed by atoms with Crippen molar-refractivity contribution in [3.05, 3.63) is 18.1 Å². The van der Waals surface area contributed by atoms with Gasteiger partial charge in [-0.25, -0.2) is 4.98 Å². The van der Waals surface area contributed by atoms with Gasteiger partial charge in [0.15, 0.2) is 0 Å². The molecule has 0 radical (unpaired) electrons. The molecule has 1 N–H and O–H groups in total. The van der Waals surface area contributed by atoms with Gasteiger partial charge in [0.25, 0.3) is 0 Å². The Morgan fingerprint density at radius 2 is 2.11 bits per heavy atom. The number of hydrogen-bond donors (Lipinski definition) is 1. The van der Waals surface area contributed by atoms with Crippen LogP contribution >= 0.6 is 0 Å². The van der Waals surface area contributed by atoms with Crippen LogP contribution in [-0.2, 0) is 11.3 Å². The molecule has 102 valence electrons. The van der Waals surface area contributed by atoms with Crippen LogP contribution in [0.15, 0.2) is 12.4 Å². The lowest BCUT2D eigenvalue weighted by atomic mass is 10.2. The molecule has 0 aliphatic rings. The van der Waals surface area contributed by atoms with Crippen LogP contribution in [0.1, 0.15) is 26.0 Å². The topological polar surface area (TPSA) is 56.3 Å². The molecular weight excluding hydrogens is 230 g/mol. The predicted molar refractivity (Wildman–Crippen MR) is 70.6 cm³/mol. The smallest absolute Gasteiger partial charge is 0.232 e. The van der Waals surface area contributed by atoms with Gasteiger partial charge in [-0.05, 0) is 12.5 Å². The number of rotatable bonds is 9. The summed E-state index contributed by atoms with van der Waals surface area (Å²) < 4.78 is 10.4. The van der Waals surface area contributed by atoms with Crippen molar-refractivity contribution in [1.82, 2.24) is 15.3 Å². The van der Waals surface area contributed by atoms with Crippen molar-refractivity contribution in [3.8, 4) is 5.88 Å². The van der Waals surface area contributed by atoms with Gasteiger partial charge in [-0.2, -0.15) is 0 Å². The molecule has 0 saturated carbocycles. The maximum atomic E-state index is 5.49. The van der Waals surface area contributed by atoms with E-state index in [4.69, 9.17) is 9.47 Å². The van der Waals surface area contributed by atoms with Crippen molar-refractivity contribution in [2.75, 3.05) is 26.9 Å². The van der Waals surface area contributed by atoms with Gasteiger partial charge >= 0.3 is 0 Å². The summed E-state index contributed by atoms with van der Waals surface area (Å²) in [5.41, 5.74) is 0.903. The van der Waals surface area contributed by atoms with E-state index in [2.05, 4.69) is 29.1 Å². The Labute approximate surface area is 109 Å². The van der Waals surface area contributed by atoms with Gasteiger partial charge in [0.05, 0.1) is 18.5 Å². The van der Waals surface area contributed by atoms with E-state index < -0.39 is 0 Å². The molecule has 1 rings (SSSR count). The van der Waals surface area contributed by atoms with Gasteiger partial charge in [-0.1, -0.05) is 13.8 Å². The number of nitrogens with zero attached hydrogens (tertiary/aromatic N) is 2. The number of methoxy groups -OCH3 is 1. The van der Waals surface area contributed by atoms with Crippen molar-refractivity contribution < 1.29 is 9.47 Å². The quantitative estimate of drug-likeness (QED) is 0.678. The van der Waals surface area contributed by atoms with Gasteiger partial charge < -0.3 is 14.8 Å². The lowest BCUT2D eigenvalue weighted by Crippen LogP contribution is -2.19. The lowest BCUT2D eigenvalue weighted by Gasteiger charge is -2.08. The fourth-order valence-electron chi connectivity index (χ4n) is 1.41. The molecule has 1 aromatic heterocycles. The van der Waals surface area contributed by atoms with Crippen molar-refractivity contribution in [1.29, 1.82) is 0 Å². The Balaban J connectivity index is 2.32. The fourth-order valence-corrected chi connectivity index (χ4v) is 1.41. The van der Waals surface area contributed by atoms with Crippen LogP contribution in [0.25, 0.3) is 0 Å². The molecule has 0 bridgehead atoms. The third kappa shape index (κ3) is 6.51. The second-order valence-electron chi connectivity index (χ2n) is 4.57. The normalized spacial score (nSPS) is 10.9. The zero-order valence-electron chi connectivity index (χ0n) is 11.5. The molecule has 0 spiro atoms. The molecule has 0 aromatic carbocycles. The summed E-state index contributed by atoms with van der Waals surface area (Å²) in [6, 6.07) is 0. The minimum atomic E-state index is 0.579. The van der Waals surface area contributed by atoms with E-state index in [1.165, 1.54) is 0 Å². The summed E-state index contributed by atoms with van der Waals surface area (Å²) >= 11 is 0. The van der Waals surface area contributed by atoms with Crippen molar-refractivity contribution in [2.24, 2.45) is 5.92 Å². The molecule has 0 aliphatic carbocycles. The van der Waals surface area contributed by atoms with Crippen LogP contribution in [-0.4, -0.2) is 36.8 Å². The SMILES string of the molecule is COCCCOc1cncc(CNCC(C)C)n1. The van der Waals surface area contributed by atoms with Crippen LogP contribution in [0, 0.1) is 5.92 Å². The van der Waals surface area contributed by atoms with Gasteiger partial charge in [-0.15, -0.1) is 0 Å². The zero-order chi connectivity index (χ0) is 13.2. The summed E-state index contributed by atoms with van der Waals surface area (Å²) in [6.45, 7) is 7.34. The average Bonchev–Trinajstić information content (AvgIpc) is 2.35. The number of hydrogen-bond acceptors (Lipinski definition) is 5. The fraction of sp³-hybridized carbons (Fsp3) is 0.692. The largest absolute Gasteiger partial charge is 0.476 e. The molecular formula is C13H23N3O2. The van der Waals surface area contributed by atoms with E-state index in [9.17, 15) is 0 Å².